The third kappa shape index (κ3) is 7.81. The number of amides is 1. The highest BCUT2D eigenvalue weighted by atomic mass is 32.1. The van der Waals surface area contributed by atoms with Crippen molar-refractivity contribution in [2.75, 3.05) is 18.9 Å². The number of nitrogens with zero attached hydrogens (tertiary/aromatic N) is 1. The van der Waals surface area contributed by atoms with Crippen molar-refractivity contribution in [3.05, 3.63) is 57.0 Å². The van der Waals surface area contributed by atoms with E-state index >= 15 is 0 Å². The summed E-state index contributed by atoms with van der Waals surface area (Å²) in [6.07, 6.45) is 3.82. The summed E-state index contributed by atoms with van der Waals surface area (Å²) in [7, 11) is 0. The first-order valence-corrected chi connectivity index (χ1v) is 13.0. The van der Waals surface area contributed by atoms with Crippen LogP contribution in [0, 0.1) is 6.92 Å². The molecule has 3 heterocycles. The highest BCUT2D eigenvalue weighted by Gasteiger charge is 2.18. The molecule has 188 valence electrons. The maximum Gasteiger partial charge on any atom is 0.320 e. The maximum atomic E-state index is 12.3. The molecule has 4 N–H and O–H groups in total. The van der Waals surface area contributed by atoms with Crippen LogP contribution in [-0.2, 0) is 11.3 Å². The van der Waals surface area contributed by atoms with Gasteiger partial charge in [-0.1, -0.05) is 18.6 Å². The lowest BCUT2D eigenvalue weighted by Crippen LogP contribution is -2.40. The molecule has 11 heteroatoms. The molecular weight excluding hydrogens is 488 g/mol. The number of piperidine rings is 1. The molecule has 1 aliphatic heterocycles. The quantitative estimate of drug-likeness (QED) is 0.229. The molecule has 1 aromatic carbocycles. The zero-order chi connectivity index (χ0) is 25.2. The van der Waals surface area contributed by atoms with Crippen LogP contribution >= 0.6 is 24.0 Å². The minimum atomic E-state index is -0.713. The Hall–Kier alpha value is -2.89. The van der Waals surface area contributed by atoms with Crippen molar-refractivity contribution >= 4 is 46.1 Å². The molecule has 1 aliphatic rings. The zero-order valence-corrected chi connectivity index (χ0v) is 21.2. The van der Waals surface area contributed by atoms with Gasteiger partial charge in [-0.3, -0.25) is 14.4 Å². The van der Waals surface area contributed by atoms with Crippen LogP contribution in [0.4, 0.5) is 0 Å². The lowest BCUT2D eigenvalue weighted by Gasteiger charge is -2.18. The number of thiol groups is 1. The smallest absolute Gasteiger partial charge is 0.320 e. The topological polar surface area (TPSA) is 133 Å². The number of hydrogen-bond acceptors (Lipinski definition) is 8. The Bertz CT molecular complexity index is 1200. The molecule has 1 atom stereocenters. The number of ether oxygens (including phenoxy) is 1. The third-order valence-electron chi connectivity index (χ3n) is 5.37. The second kappa shape index (κ2) is 13.3. The molecule has 0 aliphatic carbocycles. The van der Waals surface area contributed by atoms with Gasteiger partial charge >= 0.3 is 5.97 Å². The predicted molar refractivity (Wildman–Crippen MR) is 140 cm³/mol. The van der Waals surface area contributed by atoms with Crippen LogP contribution in [0.1, 0.15) is 47.4 Å². The summed E-state index contributed by atoms with van der Waals surface area (Å²) in [6, 6.07) is 7.24. The molecule has 0 bridgehead atoms. The predicted octanol–water partition coefficient (Wildman–Crippen LogP) is 3.13. The van der Waals surface area contributed by atoms with Crippen LogP contribution in [0.25, 0.3) is 10.2 Å². The number of carboxylic acids is 1. The molecule has 9 nitrogen and oxygen atoms in total. The fourth-order valence-electron chi connectivity index (χ4n) is 3.52. The molecule has 35 heavy (non-hydrogen) atoms. The molecular formula is C24H30N4O5S2. The molecule has 1 amide bonds. The van der Waals surface area contributed by atoms with Crippen molar-refractivity contribution in [3.8, 4) is 5.75 Å². The standard InChI is InChI=1S/C18H19N3O3S2.C6H11NO2/c1-11-10-26-18-14(11)16(22)20-15(21-18)17(23)19-9-12-4-2-5-13(8-12)24-6-3-7-25;8-6(9)5-3-1-2-4-7-5/h2,4-5,8,10,25H,3,6-7,9H2,1H3,(H,19,23)(H,20,21,22);5,7H,1-4H2,(H,8,9). The van der Waals surface area contributed by atoms with E-state index < -0.39 is 11.9 Å². The number of hydrogen-bond donors (Lipinski definition) is 5. The summed E-state index contributed by atoms with van der Waals surface area (Å²) in [4.78, 5) is 42.1. The Morgan fingerprint density at radius 2 is 2.17 bits per heavy atom. The number of aromatic nitrogens is 2. The number of aromatic amines is 1. The number of aliphatic carboxylic acids is 1. The molecule has 2 aromatic heterocycles. The van der Waals surface area contributed by atoms with Gasteiger partial charge in [-0.05, 0) is 67.1 Å². The van der Waals surface area contributed by atoms with Gasteiger partial charge in [0.1, 0.15) is 16.6 Å². The number of carbonyl (C=O) groups excluding carboxylic acids is 1. The molecule has 0 spiro atoms. The van der Waals surface area contributed by atoms with Crippen LogP contribution in [-0.4, -0.2) is 51.9 Å². The van der Waals surface area contributed by atoms with E-state index in [0.717, 1.165) is 54.9 Å². The van der Waals surface area contributed by atoms with Gasteiger partial charge in [0.2, 0.25) is 5.82 Å². The summed E-state index contributed by atoms with van der Waals surface area (Å²) in [6.45, 7) is 3.62. The summed E-state index contributed by atoms with van der Waals surface area (Å²) in [5, 5.41) is 16.6. The maximum absolute atomic E-state index is 12.3. The molecule has 1 saturated heterocycles. The van der Waals surface area contributed by atoms with E-state index in [2.05, 4.69) is 33.2 Å². The zero-order valence-electron chi connectivity index (χ0n) is 19.5. The SMILES string of the molecule is Cc1csc2nc(C(=O)NCc3cccc(OCCCS)c3)[nH]c(=O)c12.O=C(O)C1CCCCN1. The number of H-pyrrole nitrogens is 1. The van der Waals surface area contributed by atoms with E-state index in [9.17, 15) is 14.4 Å². The molecule has 1 unspecified atom stereocenters. The second-order valence-corrected chi connectivity index (χ2v) is 9.42. The summed E-state index contributed by atoms with van der Waals surface area (Å²) < 4.78 is 5.62. The molecule has 0 saturated carbocycles. The van der Waals surface area contributed by atoms with E-state index in [4.69, 9.17) is 9.84 Å². The van der Waals surface area contributed by atoms with Gasteiger partial charge in [0.25, 0.3) is 11.5 Å². The Balaban J connectivity index is 0.000000320. The van der Waals surface area contributed by atoms with Crippen molar-refractivity contribution in [1.29, 1.82) is 0 Å². The van der Waals surface area contributed by atoms with E-state index in [0.29, 0.717) is 23.4 Å². The van der Waals surface area contributed by atoms with Crippen LogP contribution in [0.15, 0.2) is 34.4 Å². The Labute approximate surface area is 212 Å². The molecule has 0 radical (unpaired) electrons. The minimum absolute atomic E-state index is 0.0190. The number of aryl methyl sites for hydroxylation is 1. The van der Waals surface area contributed by atoms with Gasteiger partial charge in [-0.2, -0.15) is 12.6 Å². The largest absolute Gasteiger partial charge is 0.494 e. The van der Waals surface area contributed by atoms with Crippen molar-refractivity contribution in [1.82, 2.24) is 20.6 Å². The minimum Gasteiger partial charge on any atom is -0.494 e. The number of rotatable bonds is 8. The van der Waals surface area contributed by atoms with Gasteiger partial charge in [-0.15, -0.1) is 11.3 Å². The van der Waals surface area contributed by atoms with Crippen LogP contribution in [0.2, 0.25) is 0 Å². The summed E-state index contributed by atoms with van der Waals surface area (Å²) in [5.41, 5.74) is 1.47. The lowest BCUT2D eigenvalue weighted by molar-refractivity contribution is -0.140. The highest BCUT2D eigenvalue weighted by molar-refractivity contribution is 7.80. The van der Waals surface area contributed by atoms with Gasteiger partial charge in [0, 0.05) is 6.54 Å². The van der Waals surface area contributed by atoms with Crippen LogP contribution < -0.4 is 20.9 Å². The fourth-order valence-corrected chi connectivity index (χ4v) is 4.58. The van der Waals surface area contributed by atoms with Gasteiger partial charge in [0.15, 0.2) is 0 Å². The van der Waals surface area contributed by atoms with E-state index in [1.54, 1.807) is 0 Å². The third-order valence-corrected chi connectivity index (χ3v) is 6.68. The van der Waals surface area contributed by atoms with Gasteiger partial charge in [0.05, 0.1) is 12.0 Å². The summed E-state index contributed by atoms with van der Waals surface area (Å²) >= 11 is 5.50. The Kier molecular flexibility index (Phi) is 10.1. The molecule has 3 aromatic rings. The van der Waals surface area contributed by atoms with Gasteiger partial charge in [-0.25, -0.2) is 4.98 Å². The number of fused-ring (bicyclic) bond motifs is 1. The summed E-state index contributed by atoms with van der Waals surface area (Å²) in [5.74, 6) is 0.409. The number of carboxylic acid groups (broad SMARTS) is 1. The number of carbonyl (C=O) groups is 2. The Morgan fingerprint density at radius 3 is 2.86 bits per heavy atom. The van der Waals surface area contributed by atoms with Crippen LogP contribution in [0.3, 0.4) is 0 Å². The average Bonchev–Trinajstić information content (AvgIpc) is 3.25. The van der Waals surface area contributed by atoms with E-state index in [1.807, 2.05) is 36.6 Å². The average molecular weight is 519 g/mol. The number of thiophene rings is 1. The second-order valence-electron chi connectivity index (χ2n) is 8.11. The number of benzene rings is 1. The molecule has 4 rings (SSSR count). The first-order valence-electron chi connectivity index (χ1n) is 11.4. The normalized spacial score (nSPS) is 15.2. The lowest BCUT2D eigenvalue weighted by atomic mass is 10.1. The van der Waals surface area contributed by atoms with Crippen molar-refractivity contribution in [3.63, 3.8) is 0 Å². The highest BCUT2D eigenvalue weighted by Crippen LogP contribution is 2.19. The molecule has 1 fully saturated rings. The first kappa shape index (κ1) is 26.7. The van der Waals surface area contributed by atoms with Crippen molar-refractivity contribution < 1.29 is 19.4 Å². The van der Waals surface area contributed by atoms with Crippen molar-refractivity contribution in [2.45, 2.75) is 45.2 Å². The van der Waals surface area contributed by atoms with E-state index in [-0.39, 0.29) is 17.4 Å². The van der Waals surface area contributed by atoms with Crippen LogP contribution in [0.5, 0.6) is 5.75 Å². The monoisotopic (exact) mass is 518 g/mol. The van der Waals surface area contributed by atoms with Crippen molar-refractivity contribution in [2.24, 2.45) is 0 Å². The number of nitrogens with one attached hydrogen (secondary N) is 3. The Morgan fingerprint density at radius 1 is 1.34 bits per heavy atom. The first-order chi connectivity index (χ1) is 16.9. The van der Waals surface area contributed by atoms with Gasteiger partial charge < -0.3 is 25.5 Å². The van der Waals surface area contributed by atoms with E-state index in [1.165, 1.54) is 11.3 Å². The fraction of sp³-hybridized carbons (Fsp3) is 0.417.